The van der Waals surface area contributed by atoms with E-state index in [2.05, 4.69) is 27.2 Å². The molecule has 1 atom stereocenters. The minimum absolute atomic E-state index is 0.826. The molecule has 0 nitrogen and oxygen atoms in total. The second kappa shape index (κ2) is 19.0. The van der Waals surface area contributed by atoms with E-state index in [1.54, 1.807) is 0 Å². The molecule has 0 amide bonds. The first-order valence-electron chi connectivity index (χ1n) is 10.6. The first-order valence-corrected chi connectivity index (χ1v) is 10.6. The Hall–Kier alpha value is 0. The maximum absolute atomic E-state index is 2.52. The summed E-state index contributed by atoms with van der Waals surface area (Å²) in [5.74, 6) is 0.826. The average Bonchev–Trinajstić information content (AvgIpc) is 2.54. The van der Waals surface area contributed by atoms with Gasteiger partial charge < -0.3 is 0 Å². The summed E-state index contributed by atoms with van der Waals surface area (Å²) in [7, 11) is 0. The third-order valence-electron chi connectivity index (χ3n) is 5.02. The molecule has 0 heteroatoms. The molecule has 0 N–H and O–H groups in total. The second-order valence-corrected chi connectivity index (χ2v) is 7.36. The summed E-state index contributed by atoms with van der Waals surface area (Å²) >= 11 is 0. The third-order valence-corrected chi connectivity index (χ3v) is 5.02. The normalized spacial score (nSPS) is 12.7. The van der Waals surface area contributed by atoms with Gasteiger partial charge in [0.25, 0.3) is 0 Å². The maximum atomic E-state index is 2.52. The Morgan fingerprint density at radius 3 is 1.27 bits per heavy atom. The highest BCUT2D eigenvalue weighted by Crippen LogP contribution is 2.15. The van der Waals surface area contributed by atoms with E-state index in [9.17, 15) is 0 Å². The van der Waals surface area contributed by atoms with Crippen molar-refractivity contribution in [2.75, 3.05) is 0 Å². The van der Waals surface area contributed by atoms with Crippen molar-refractivity contribution in [3.8, 4) is 0 Å². The summed E-state index contributed by atoms with van der Waals surface area (Å²) in [6.07, 6.45) is 27.1. The van der Waals surface area contributed by atoms with E-state index in [0.717, 1.165) is 5.92 Å². The molecule has 133 valence electrons. The Kier molecular flexibility index (Phi) is 19.0. The molecule has 0 aliphatic rings. The predicted molar refractivity (Wildman–Crippen MR) is 103 cm³/mol. The fourth-order valence-electron chi connectivity index (χ4n) is 3.08. The van der Waals surface area contributed by atoms with Gasteiger partial charge in [-0.25, -0.2) is 0 Å². The molecule has 1 radical (unpaired) electrons. The highest BCUT2D eigenvalue weighted by molar-refractivity contribution is 4.70. The lowest BCUT2D eigenvalue weighted by Gasteiger charge is -2.07. The van der Waals surface area contributed by atoms with E-state index in [4.69, 9.17) is 0 Å². The molecular weight excluding hydrogens is 264 g/mol. The zero-order valence-corrected chi connectivity index (χ0v) is 16.2. The van der Waals surface area contributed by atoms with Crippen LogP contribution in [-0.4, -0.2) is 0 Å². The Balaban J connectivity index is 2.97. The third kappa shape index (κ3) is 18.1. The van der Waals surface area contributed by atoms with Crippen LogP contribution in [0.4, 0.5) is 0 Å². The Morgan fingerprint density at radius 2 is 0.909 bits per heavy atom. The van der Waals surface area contributed by atoms with Gasteiger partial charge >= 0.3 is 0 Å². The lowest BCUT2D eigenvalue weighted by Crippen LogP contribution is -1.92. The molecule has 0 fully saturated rings. The van der Waals surface area contributed by atoms with Crippen LogP contribution in [0.25, 0.3) is 0 Å². The summed E-state index contributed by atoms with van der Waals surface area (Å²) < 4.78 is 0. The van der Waals surface area contributed by atoms with Crippen LogP contribution in [-0.2, 0) is 0 Å². The standard InChI is InChI=1S/C22H45/c1-4-6-7-8-9-10-11-12-13-14-15-16-17-18-19-20-21-22(3)5-2/h21-22H,4-20H2,1-3H3. The van der Waals surface area contributed by atoms with Gasteiger partial charge in [0.05, 0.1) is 0 Å². The molecular formula is C22H45. The molecule has 0 aliphatic heterocycles. The van der Waals surface area contributed by atoms with E-state index in [0.29, 0.717) is 0 Å². The maximum Gasteiger partial charge on any atom is -0.0358 e. The molecule has 0 spiro atoms. The van der Waals surface area contributed by atoms with Crippen molar-refractivity contribution in [1.82, 2.24) is 0 Å². The quantitative estimate of drug-likeness (QED) is 0.223. The Morgan fingerprint density at radius 1 is 0.545 bits per heavy atom. The first kappa shape index (κ1) is 22.0. The Labute approximate surface area is 142 Å². The van der Waals surface area contributed by atoms with Crippen LogP contribution in [0.3, 0.4) is 0 Å². The second-order valence-electron chi connectivity index (χ2n) is 7.36. The fourth-order valence-corrected chi connectivity index (χ4v) is 3.08. The lowest BCUT2D eigenvalue weighted by molar-refractivity contribution is 0.527. The van der Waals surface area contributed by atoms with Crippen molar-refractivity contribution in [2.45, 2.75) is 130 Å². The molecule has 0 bridgehead atoms. The topological polar surface area (TPSA) is 0 Å². The fraction of sp³-hybridized carbons (Fsp3) is 0.955. The zero-order chi connectivity index (χ0) is 16.3. The van der Waals surface area contributed by atoms with E-state index >= 15 is 0 Å². The number of unbranched alkanes of at least 4 members (excludes halogenated alkanes) is 15. The first-order chi connectivity index (χ1) is 10.8. The molecule has 0 saturated carbocycles. The van der Waals surface area contributed by atoms with E-state index in [1.165, 1.54) is 109 Å². The van der Waals surface area contributed by atoms with Crippen molar-refractivity contribution in [3.63, 3.8) is 0 Å². The number of hydrogen-bond donors (Lipinski definition) is 0. The average molecular weight is 310 g/mol. The molecule has 0 aromatic heterocycles. The minimum atomic E-state index is 0.826. The van der Waals surface area contributed by atoms with Crippen LogP contribution < -0.4 is 0 Å². The monoisotopic (exact) mass is 309 g/mol. The van der Waals surface area contributed by atoms with Crippen molar-refractivity contribution >= 4 is 0 Å². The predicted octanol–water partition coefficient (Wildman–Crippen LogP) is 8.50. The highest BCUT2D eigenvalue weighted by Gasteiger charge is 1.98. The smallest absolute Gasteiger partial charge is 0.0358 e. The van der Waals surface area contributed by atoms with Crippen LogP contribution in [0.2, 0.25) is 0 Å². The summed E-state index contributed by atoms with van der Waals surface area (Å²) in [6, 6.07) is 0. The Bertz CT molecular complexity index is 184. The summed E-state index contributed by atoms with van der Waals surface area (Å²) in [6.45, 7) is 6.92. The van der Waals surface area contributed by atoms with E-state index < -0.39 is 0 Å². The number of rotatable bonds is 18. The molecule has 0 aromatic carbocycles. The lowest BCUT2D eigenvalue weighted by atomic mass is 9.99. The van der Waals surface area contributed by atoms with Crippen molar-refractivity contribution in [3.05, 3.63) is 6.42 Å². The summed E-state index contributed by atoms with van der Waals surface area (Å²) in [4.78, 5) is 0. The van der Waals surface area contributed by atoms with Crippen LogP contribution in [0.5, 0.6) is 0 Å². The van der Waals surface area contributed by atoms with Crippen molar-refractivity contribution in [1.29, 1.82) is 0 Å². The highest BCUT2D eigenvalue weighted by atomic mass is 14.0. The van der Waals surface area contributed by atoms with Crippen LogP contribution in [0.1, 0.15) is 130 Å². The van der Waals surface area contributed by atoms with Crippen molar-refractivity contribution < 1.29 is 0 Å². The van der Waals surface area contributed by atoms with Gasteiger partial charge in [-0.05, 0) is 18.8 Å². The van der Waals surface area contributed by atoms with Crippen LogP contribution in [0.15, 0.2) is 0 Å². The zero-order valence-electron chi connectivity index (χ0n) is 16.2. The van der Waals surface area contributed by atoms with Gasteiger partial charge in [0.1, 0.15) is 0 Å². The molecule has 0 aliphatic carbocycles. The summed E-state index contributed by atoms with van der Waals surface area (Å²) in [5.41, 5.74) is 0. The van der Waals surface area contributed by atoms with E-state index in [1.807, 2.05) is 0 Å². The number of hydrogen-bond acceptors (Lipinski definition) is 0. The van der Waals surface area contributed by atoms with Gasteiger partial charge in [-0.2, -0.15) is 0 Å². The van der Waals surface area contributed by atoms with Crippen LogP contribution in [0, 0.1) is 12.3 Å². The van der Waals surface area contributed by atoms with Crippen molar-refractivity contribution in [2.24, 2.45) is 5.92 Å². The molecule has 0 heterocycles. The molecule has 0 aromatic rings. The molecule has 0 saturated heterocycles. The van der Waals surface area contributed by atoms with Gasteiger partial charge in [-0.1, -0.05) is 124 Å². The van der Waals surface area contributed by atoms with Gasteiger partial charge in [0.15, 0.2) is 0 Å². The summed E-state index contributed by atoms with van der Waals surface area (Å²) in [5, 5.41) is 0. The molecule has 22 heavy (non-hydrogen) atoms. The SMILES string of the molecule is CCCCCCCCCCCCCCCCC[CH]C(C)CC. The molecule has 0 rings (SSSR count). The van der Waals surface area contributed by atoms with Crippen LogP contribution >= 0.6 is 0 Å². The minimum Gasteiger partial charge on any atom is -0.0654 e. The largest absolute Gasteiger partial charge is 0.0654 e. The van der Waals surface area contributed by atoms with E-state index in [-0.39, 0.29) is 0 Å². The van der Waals surface area contributed by atoms with Gasteiger partial charge in [-0.3, -0.25) is 0 Å². The van der Waals surface area contributed by atoms with Gasteiger partial charge in [0, 0.05) is 0 Å². The van der Waals surface area contributed by atoms with Gasteiger partial charge in [0.2, 0.25) is 0 Å². The van der Waals surface area contributed by atoms with Gasteiger partial charge in [-0.15, -0.1) is 0 Å². The molecule has 1 unspecified atom stereocenters.